The third kappa shape index (κ3) is 2.87. The lowest BCUT2D eigenvalue weighted by Crippen LogP contribution is -2.31. The van der Waals surface area contributed by atoms with Gasteiger partial charge in [0.15, 0.2) is 5.76 Å². The number of carbonyl (C=O) groups excluding carboxylic acids is 2. The van der Waals surface area contributed by atoms with Gasteiger partial charge in [0.1, 0.15) is 11.8 Å². The minimum absolute atomic E-state index is 0.00299. The minimum atomic E-state index is -0.876. The van der Waals surface area contributed by atoms with Crippen molar-refractivity contribution >= 4 is 40.3 Å². The Hall–Kier alpha value is -2.83. The first-order valence-corrected chi connectivity index (χ1v) is 9.39. The number of amides is 1. The van der Waals surface area contributed by atoms with Crippen molar-refractivity contribution in [2.45, 2.75) is 13.0 Å². The fourth-order valence-corrected chi connectivity index (χ4v) is 4.03. The van der Waals surface area contributed by atoms with Crippen molar-refractivity contribution in [2.24, 2.45) is 0 Å². The predicted octanol–water partition coefficient (Wildman–Crippen LogP) is 5.09. The first kappa shape index (κ1) is 17.6. The fourth-order valence-electron chi connectivity index (χ4n) is 3.18. The van der Waals surface area contributed by atoms with Crippen LogP contribution in [0.1, 0.15) is 27.0 Å². The molecule has 7 heteroatoms. The second kappa shape index (κ2) is 6.72. The summed E-state index contributed by atoms with van der Waals surface area (Å²) in [5, 5.41) is 12.8. The molecule has 136 valence electrons. The number of benzene rings is 1. The van der Waals surface area contributed by atoms with Crippen LogP contribution in [-0.2, 0) is 4.79 Å². The molecule has 0 fully saturated rings. The Labute approximate surface area is 164 Å². The van der Waals surface area contributed by atoms with Crippen LogP contribution in [0.25, 0.3) is 0 Å². The molecule has 27 heavy (non-hydrogen) atoms. The van der Waals surface area contributed by atoms with Gasteiger partial charge in [-0.2, -0.15) is 0 Å². The van der Waals surface area contributed by atoms with Crippen LogP contribution in [-0.4, -0.2) is 16.8 Å². The highest BCUT2D eigenvalue weighted by molar-refractivity contribution is 7.12. The van der Waals surface area contributed by atoms with Crippen molar-refractivity contribution in [1.29, 1.82) is 0 Å². The van der Waals surface area contributed by atoms with Gasteiger partial charge in [-0.05, 0) is 48.2 Å². The maximum Gasteiger partial charge on any atom is 0.294 e. The van der Waals surface area contributed by atoms with Crippen molar-refractivity contribution in [3.63, 3.8) is 0 Å². The lowest BCUT2D eigenvalue weighted by Gasteiger charge is -2.26. The van der Waals surface area contributed by atoms with Gasteiger partial charge in [-0.25, -0.2) is 0 Å². The largest absolute Gasteiger partial charge is 0.503 e. The van der Waals surface area contributed by atoms with Gasteiger partial charge in [0, 0.05) is 10.7 Å². The van der Waals surface area contributed by atoms with Gasteiger partial charge in [0.2, 0.25) is 5.78 Å². The molecule has 0 spiro atoms. The molecule has 2 aromatic heterocycles. The molecule has 5 nitrogen and oxygen atoms in total. The zero-order valence-corrected chi connectivity index (χ0v) is 15.8. The number of aliphatic hydroxyl groups is 1. The summed E-state index contributed by atoms with van der Waals surface area (Å²) < 4.78 is 5.51. The first-order valence-electron chi connectivity index (χ1n) is 8.13. The Balaban J connectivity index is 1.90. The second-order valence-corrected chi connectivity index (χ2v) is 7.48. The number of ketones is 1. The van der Waals surface area contributed by atoms with E-state index in [0.717, 1.165) is 5.56 Å². The number of Topliss-reactive ketones (excluding diaryl/α,β-unsaturated/α-hetero) is 1. The summed E-state index contributed by atoms with van der Waals surface area (Å²) >= 11 is 7.38. The molecule has 3 aromatic rings. The van der Waals surface area contributed by atoms with E-state index in [4.69, 9.17) is 16.0 Å². The number of hydrogen-bond acceptors (Lipinski definition) is 5. The van der Waals surface area contributed by atoms with Gasteiger partial charge >= 0.3 is 0 Å². The van der Waals surface area contributed by atoms with Crippen LogP contribution < -0.4 is 4.90 Å². The van der Waals surface area contributed by atoms with E-state index in [1.165, 1.54) is 22.5 Å². The Kier molecular flexibility index (Phi) is 4.37. The summed E-state index contributed by atoms with van der Waals surface area (Å²) in [6.45, 7) is 1.83. The molecule has 0 bridgehead atoms. The van der Waals surface area contributed by atoms with Gasteiger partial charge in [0.25, 0.3) is 5.91 Å². The number of thiophene rings is 1. The van der Waals surface area contributed by atoms with E-state index in [1.54, 1.807) is 47.8 Å². The molecule has 1 unspecified atom stereocenters. The summed E-state index contributed by atoms with van der Waals surface area (Å²) in [5.74, 6) is -1.26. The zero-order chi connectivity index (χ0) is 19.1. The molecular formula is C20H14ClNO4S. The number of aryl methyl sites for hydroxylation is 1. The first-order chi connectivity index (χ1) is 13.0. The second-order valence-electron chi connectivity index (χ2n) is 6.09. The van der Waals surface area contributed by atoms with E-state index in [-0.39, 0.29) is 5.57 Å². The number of rotatable bonds is 4. The molecule has 0 saturated carbocycles. The number of halogens is 1. The molecule has 1 aliphatic rings. The quantitative estimate of drug-likeness (QED) is 0.620. The highest BCUT2D eigenvalue weighted by Crippen LogP contribution is 2.43. The van der Waals surface area contributed by atoms with Gasteiger partial charge < -0.3 is 9.52 Å². The van der Waals surface area contributed by atoms with Crippen molar-refractivity contribution in [3.8, 4) is 0 Å². The van der Waals surface area contributed by atoms with E-state index in [9.17, 15) is 14.7 Å². The fraction of sp³-hybridized carbons (Fsp3) is 0.100. The number of furan rings is 1. The van der Waals surface area contributed by atoms with Gasteiger partial charge in [-0.15, -0.1) is 11.3 Å². The molecule has 1 atom stereocenters. The van der Waals surface area contributed by atoms with Gasteiger partial charge in [-0.1, -0.05) is 23.7 Å². The summed E-state index contributed by atoms with van der Waals surface area (Å²) in [6.07, 6.45) is 1.46. The maximum atomic E-state index is 13.0. The smallest absolute Gasteiger partial charge is 0.294 e. The van der Waals surface area contributed by atoms with Crippen LogP contribution >= 0.6 is 22.9 Å². The highest BCUT2D eigenvalue weighted by Gasteiger charge is 2.46. The molecular weight excluding hydrogens is 386 g/mol. The van der Waals surface area contributed by atoms with E-state index in [0.29, 0.717) is 21.3 Å². The lowest BCUT2D eigenvalue weighted by molar-refractivity contribution is -0.117. The van der Waals surface area contributed by atoms with Crippen molar-refractivity contribution in [1.82, 2.24) is 0 Å². The third-order valence-electron chi connectivity index (χ3n) is 4.44. The number of nitrogens with zero attached hydrogens (tertiary/aromatic N) is 1. The van der Waals surface area contributed by atoms with Gasteiger partial charge in [0.05, 0.1) is 16.7 Å². The topological polar surface area (TPSA) is 70.8 Å². The minimum Gasteiger partial charge on any atom is -0.503 e. The molecule has 1 N–H and O–H groups in total. The monoisotopic (exact) mass is 399 g/mol. The molecule has 1 aliphatic heterocycles. The molecule has 0 radical (unpaired) electrons. The van der Waals surface area contributed by atoms with E-state index in [1.807, 2.05) is 6.92 Å². The average Bonchev–Trinajstić information content (AvgIpc) is 3.39. The Morgan fingerprint density at radius 1 is 1.26 bits per heavy atom. The van der Waals surface area contributed by atoms with Gasteiger partial charge in [-0.3, -0.25) is 14.5 Å². The lowest BCUT2D eigenvalue weighted by atomic mass is 9.99. The van der Waals surface area contributed by atoms with Crippen molar-refractivity contribution in [2.75, 3.05) is 4.90 Å². The van der Waals surface area contributed by atoms with E-state index < -0.39 is 23.5 Å². The zero-order valence-electron chi connectivity index (χ0n) is 14.2. The number of aliphatic hydroxyl groups excluding tert-OH is 1. The Morgan fingerprint density at radius 2 is 2.07 bits per heavy atom. The Morgan fingerprint density at radius 3 is 2.74 bits per heavy atom. The van der Waals surface area contributed by atoms with Crippen LogP contribution in [0.3, 0.4) is 0 Å². The molecule has 1 amide bonds. The van der Waals surface area contributed by atoms with Crippen LogP contribution in [0.4, 0.5) is 5.69 Å². The Bertz CT molecular complexity index is 1050. The van der Waals surface area contributed by atoms with Crippen LogP contribution in [0, 0.1) is 6.92 Å². The van der Waals surface area contributed by atoms with Crippen molar-refractivity contribution < 1.29 is 19.1 Å². The predicted molar refractivity (Wildman–Crippen MR) is 103 cm³/mol. The highest BCUT2D eigenvalue weighted by atomic mass is 35.5. The number of anilines is 1. The number of hydrogen-bond donors (Lipinski definition) is 1. The maximum absolute atomic E-state index is 13.0. The molecule has 0 saturated heterocycles. The summed E-state index contributed by atoms with van der Waals surface area (Å²) in [6, 6.07) is 11.0. The SMILES string of the molecule is Cc1ccc(Cl)cc1N1C(=O)C(O)=C(C(=O)c2cccs2)C1c1ccco1. The molecule has 1 aromatic carbocycles. The molecule has 3 heterocycles. The normalized spacial score (nSPS) is 17.0. The average molecular weight is 400 g/mol. The summed E-state index contributed by atoms with van der Waals surface area (Å²) in [7, 11) is 0. The van der Waals surface area contributed by atoms with E-state index >= 15 is 0 Å². The standard InChI is InChI=1S/C20H14ClNO4S/c1-11-6-7-12(21)10-13(11)22-17(14-4-2-8-26-14)16(19(24)20(22)25)18(23)15-5-3-9-27-15/h2-10,17,24H,1H3. The summed E-state index contributed by atoms with van der Waals surface area (Å²) in [4.78, 5) is 27.8. The van der Waals surface area contributed by atoms with E-state index in [2.05, 4.69) is 0 Å². The van der Waals surface area contributed by atoms with Crippen LogP contribution in [0.5, 0.6) is 0 Å². The van der Waals surface area contributed by atoms with Crippen LogP contribution in [0.15, 0.2) is 69.9 Å². The molecule has 0 aliphatic carbocycles. The third-order valence-corrected chi connectivity index (χ3v) is 5.54. The van der Waals surface area contributed by atoms with Crippen molar-refractivity contribution in [3.05, 3.63) is 86.7 Å². The summed E-state index contributed by atoms with van der Waals surface area (Å²) in [5.41, 5.74) is 1.29. The molecule has 4 rings (SSSR count). The number of carbonyl (C=O) groups is 2. The van der Waals surface area contributed by atoms with Crippen LogP contribution in [0.2, 0.25) is 5.02 Å².